The molecule has 0 bridgehead atoms. The maximum absolute atomic E-state index is 11.6. The van der Waals surface area contributed by atoms with Gasteiger partial charge >= 0.3 is 89.5 Å². The van der Waals surface area contributed by atoms with Crippen LogP contribution in [-0.2, 0) is 143 Å². The maximum Gasteiger partial charge on any atom is 0.347 e. The maximum atomic E-state index is 11.6. The van der Waals surface area contributed by atoms with Crippen LogP contribution in [0.2, 0.25) is 0 Å². The van der Waals surface area contributed by atoms with Crippen molar-refractivity contribution in [2.45, 2.75) is 226 Å². The first-order valence-electron chi connectivity index (χ1n) is 31.2. The minimum Gasteiger partial charge on any atom is -0.463 e. The predicted molar refractivity (Wildman–Crippen MR) is 321 cm³/mol. The lowest BCUT2D eigenvalue weighted by molar-refractivity contribution is -0.171. The van der Waals surface area contributed by atoms with Crippen molar-refractivity contribution in [2.24, 2.45) is 38.9 Å². The van der Waals surface area contributed by atoms with E-state index < -0.39 is 180 Å². The normalized spacial score (nSPS) is 22.2. The zero-order valence-electron chi connectivity index (χ0n) is 57.8. The number of cyclic esters (lactones) is 5. The van der Waals surface area contributed by atoms with E-state index in [0.29, 0.717) is 51.4 Å². The van der Waals surface area contributed by atoms with Crippen molar-refractivity contribution in [2.75, 3.05) is 52.9 Å². The minimum atomic E-state index is -0.898. The summed E-state index contributed by atoms with van der Waals surface area (Å²) in [7, 11) is 0. The van der Waals surface area contributed by atoms with Crippen molar-refractivity contribution in [1.82, 2.24) is 0 Å². The molecule has 5 aliphatic rings. The summed E-state index contributed by atoms with van der Waals surface area (Å²) < 4.78 is 72.7. The van der Waals surface area contributed by atoms with Crippen LogP contribution in [0.15, 0.2) is 0 Å². The number of carbonyl (C=O) groups excluding carboxylic acids is 15. The minimum absolute atomic E-state index is 0.181. The monoisotopic (exact) mass is 1350 g/mol. The second kappa shape index (κ2) is 38.4. The molecule has 30 nitrogen and oxygen atoms in total. The fraction of sp³-hybridized carbons (Fsp3) is 0.766. The molecule has 5 rings (SSSR count). The van der Waals surface area contributed by atoms with E-state index in [0.717, 1.165) is 0 Å². The molecule has 5 fully saturated rings. The van der Waals surface area contributed by atoms with Crippen molar-refractivity contribution < 1.29 is 143 Å². The van der Waals surface area contributed by atoms with Crippen LogP contribution in [0, 0.1) is 38.9 Å². The van der Waals surface area contributed by atoms with Crippen LogP contribution in [-0.4, -0.2) is 185 Å². The van der Waals surface area contributed by atoms with Gasteiger partial charge in [-0.3, -0.25) is 24.0 Å². The molecule has 0 aromatic heterocycles. The van der Waals surface area contributed by atoms with Gasteiger partial charge in [-0.2, -0.15) is 0 Å². The van der Waals surface area contributed by atoms with Crippen LogP contribution >= 0.6 is 0 Å². The number of hydrogen-bond acceptors (Lipinski definition) is 30. The summed E-state index contributed by atoms with van der Waals surface area (Å²) >= 11 is 0. The van der Waals surface area contributed by atoms with Gasteiger partial charge in [0.15, 0.2) is 33.0 Å². The van der Waals surface area contributed by atoms with Gasteiger partial charge in [-0.25, -0.2) is 47.9 Å². The molecule has 0 aromatic carbocycles. The van der Waals surface area contributed by atoms with Gasteiger partial charge in [-0.05, 0) is 115 Å². The second-order valence-corrected chi connectivity index (χ2v) is 26.0. The summed E-state index contributed by atoms with van der Waals surface area (Å²) in [5, 5.41) is 0. The van der Waals surface area contributed by atoms with E-state index in [1.807, 2.05) is 34.6 Å². The summed E-state index contributed by atoms with van der Waals surface area (Å²) in [6.45, 7) is 31.8. The van der Waals surface area contributed by atoms with Crippen LogP contribution in [0.3, 0.4) is 0 Å². The molecule has 0 aromatic rings. The van der Waals surface area contributed by atoms with E-state index in [-0.39, 0.29) is 43.9 Å². The predicted octanol–water partition coefficient (Wildman–Crippen LogP) is 5.39. The Hall–Kier alpha value is -7.95. The molecule has 0 spiro atoms. The number of hydrogen-bond donors (Lipinski definition) is 0. The summed E-state index contributed by atoms with van der Waals surface area (Å²) in [6, 6.07) is 0. The third-order valence-electron chi connectivity index (χ3n) is 15.7. The van der Waals surface area contributed by atoms with Crippen LogP contribution in [0.25, 0.3) is 0 Å². The lowest BCUT2D eigenvalue weighted by Gasteiger charge is -2.20. The van der Waals surface area contributed by atoms with E-state index in [4.69, 9.17) is 66.3 Å². The zero-order chi connectivity index (χ0) is 72.3. The molecule has 0 saturated carbocycles. The molecule has 0 amide bonds. The van der Waals surface area contributed by atoms with E-state index in [9.17, 15) is 71.9 Å². The zero-order valence-corrected chi connectivity index (χ0v) is 57.8. The van der Waals surface area contributed by atoms with Gasteiger partial charge in [0.2, 0.25) is 30.5 Å². The van der Waals surface area contributed by atoms with Crippen molar-refractivity contribution in [1.29, 1.82) is 0 Å². The Morgan fingerprint density at radius 3 is 0.787 bits per heavy atom. The van der Waals surface area contributed by atoms with Gasteiger partial charge in [0.25, 0.3) is 0 Å². The van der Waals surface area contributed by atoms with Crippen molar-refractivity contribution in [3.8, 4) is 0 Å². The topological polar surface area (TPSA) is 394 Å². The van der Waals surface area contributed by atoms with Crippen molar-refractivity contribution in [3.63, 3.8) is 0 Å². The average molecular weight is 1350 g/mol. The van der Waals surface area contributed by atoms with Crippen molar-refractivity contribution >= 4 is 89.5 Å². The van der Waals surface area contributed by atoms with Crippen LogP contribution < -0.4 is 0 Å². The highest BCUT2D eigenvalue weighted by atomic mass is 16.7. The van der Waals surface area contributed by atoms with Gasteiger partial charge in [-0.15, -0.1) is 0 Å². The summed E-state index contributed by atoms with van der Waals surface area (Å²) in [4.78, 5) is 171. The number of rotatable bonds is 25. The highest BCUT2D eigenvalue weighted by Crippen LogP contribution is 2.27. The Bertz CT molecular complexity index is 2520. The highest BCUT2D eigenvalue weighted by Gasteiger charge is 2.41. The first-order chi connectivity index (χ1) is 43.4. The van der Waals surface area contributed by atoms with Gasteiger partial charge in [0.1, 0.15) is 12.2 Å². The Morgan fingerprint density at radius 1 is 0.351 bits per heavy atom. The molecule has 5 saturated heterocycles. The Morgan fingerprint density at radius 2 is 0.596 bits per heavy atom. The molecule has 5 aliphatic heterocycles. The number of esters is 15. The third kappa shape index (κ3) is 28.7. The smallest absolute Gasteiger partial charge is 0.347 e. The molecule has 9 unspecified atom stereocenters. The molecule has 534 valence electrons. The number of ether oxygens (including phenoxy) is 15. The van der Waals surface area contributed by atoms with Gasteiger partial charge in [0.05, 0.1) is 46.9 Å². The van der Waals surface area contributed by atoms with Crippen LogP contribution in [0.4, 0.5) is 0 Å². The molecular weight excluding hydrogens is 1250 g/mol. The Balaban J connectivity index is 0.000000588. The molecule has 5 heterocycles. The molecule has 9 atom stereocenters. The largest absolute Gasteiger partial charge is 0.463 e. The van der Waals surface area contributed by atoms with Gasteiger partial charge < -0.3 is 71.1 Å². The lowest BCUT2D eigenvalue weighted by Crippen LogP contribution is -2.32. The fourth-order valence-corrected chi connectivity index (χ4v) is 7.03. The number of carbonyl (C=O) groups is 15. The molecule has 30 heteroatoms. The molecule has 0 N–H and O–H groups in total. The standard InChI is InChI=1S/4C13H20O6.C12H18O6/c2*1-5-13(3,4)12(16)18-7-9(14)19-10-8(2)6-17-11(10)15;2*1-5-13(3,4)12(16)17-7-10(14)19-9-6-8(2)18-11(9)15;1-4-12(2,3)11(15)17-7-9(13)18-8-5-6-16-10(8)14/h2*8,10H,5-7H2,1-4H3;2*8-9H,5-7H2,1-4H3;8H,4-7H2,1-3H3. The molecule has 0 radical (unpaired) electrons. The van der Waals surface area contributed by atoms with Crippen LogP contribution in [0.5, 0.6) is 0 Å². The average Bonchev–Trinajstić information content (AvgIpc) is 1.85. The van der Waals surface area contributed by atoms with Gasteiger partial charge in [0, 0.05) is 31.1 Å². The summed E-state index contributed by atoms with van der Waals surface area (Å²) in [5.74, 6) is -9.15. The highest BCUT2D eigenvalue weighted by molar-refractivity contribution is 5.87. The van der Waals surface area contributed by atoms with E-state index in [1.54, 1.807) is 96.9 Å². The lowest BCUT2D eigenvalue weighted by atomic mass is 9.91. The Labute approximate surface area is 548 Å². The quantitative estimate of drug-likeness (QED) is 0.0816. The van der Waals surface area contributed by atoms with E-state index in [1.165, 1.54) is 0 Å². The first-order valence-corrected chi connectivity index (χ1v) is 31.2. The van der Waals surface area contributed by atoms with E-state index in [2.05, 4.69) is 4.74 Å². The second-order valence-electron chi connectivity index (χ2n) is 26.0. The van der Waals surface area contributed by atoms with Crippen LogP contribution in [0.1, 0.15) is 183 Å². The summed E-state index contributed by atoms with van der Waals surface area (Å²) in [6.07, 6.45) is -0.918. The third-order valence-corrected chi connectivity index (χ3v) is 15.7. The summed E-state index contributed by atoms with van der Waals surface area (Å²) in [5.41, 5.74) is -3.19. The first kappa shape index (κ1) is 84.1. The SMILES string of the molecule is CCC(C)(C)C(=O)OCC(=O)OC1C(=O)OCC1C.CCC(C)(C)C(=O)OCC(=O)OC1C(=O)OCC1C.CCC(C)(C)C(=O)OCC(=O)OC1CC(C)OC1=O.CCC(C)(C)C(=O)OCC(=O)OC1CC(C)OC1=O.CCC(C)(C)C(=O)OCC(=O)OC1CCOC1=O. The van der Waals surface area contributed by atoms with E-state index >= 15 is 0 Å². The van der Waals surface area contributed by atoms with Gasteiger partial charge in [-0.1, -0.05) is 48.5 Å². The molecule has 0 aliphatic carbocycles. The fourth-order valence-electron chi connectivity index (χ4n) is 7.03. The molecule has 94 heavy (non-hydrogen) atoms. The van der Waals surface area contributed by atoms with Crippen molar-refractivity contribution in [3.05, 3.63) is 0 Å². The Kier molecular flexibility index (Phi) is 34.4. The molecular formula is C64H98O30.